The number of halogens is 1. The Labute approximate surface area is 184 Å². The lowest BCUT2D eigenvalue weighted by Gasteiger charge is -2.44. The predicted octanol–water partition coefficient (Wildman–Crippen LogP) is 4.48. The van der Waals surface area contributed by atoms with E-state index in [2.05, 4.69) is 54.8 Å². The molecule has 2 aromatic rings. The van der Waals surface area contributed by atoms with Crippen LogP contribution in [0, 0.1) is 12.3 Å². The first-order chi connectivity index (χ1) is 13.7. The molecule has 1 aliphatic heterocycles. The molecule has 1 aliphatic carbocycles. The van der Waals surface area contributed by atoms with Gasteiger partial charge in [0.25, 0.3) is 0 Å². The standard InChI is InChI=1S/C22H29BrN4OS/c1-15-20(23)24-14-18(25-15)27-11-9-22(10-12-27)13-16-7-5-6-8-17(16)19(22)26-29(28)21(2,3)4/h5-8,14,19,26H,9-13H2,1-4H3/t19-,29-/m1/s1. The van der Waals surface area contributed by atoms with Gasteiger partial charge in [-0.3, -0.25) is 0 Å². The Morgan fingerprint density at radius 3 is 2.59 bits per heavy atom. The van der Waals surface area contributed by atoms with Crippen molar-refractivity contribution < 1.29 is 4.21 Å². The molecule has 0 saturated carbocycles. The minimum Gasteiger partial charge on any atom is -0.355 e. The third-order valence-electron chi connectivity index (χ3n) is 6.26. The Morgan fingerprint density at radius 1 is 1.24 bits per heavy atom. The van der Waals surface area contributed by atoms with Crippen LogP contribution in [0.2, 0.25) is 0 Å². The van der Waals surface area contributed by atoms with E-state index in [0.717, 1.165) is 48.5 Å². The number of benzene rings is 1. The third-order valence-corrected chi connectivity index (χ3v) is 8.60. The number of aryl methyl sites for hydroxylation is 1. The highest BCUT2D eigenvalue weighted by Crippen LogP contribution is 2.52. The van der Waals surface area contributed by atoms with Crippen molar-refractivity contribution in [2.75, 3.05) is 18.0 Å². The Bertz CT molecular complexity index is 935. The Morgan fingerprint density at radius 2 is 1.93 bits per heavy atom. The van der Waals surface area contributed by atoms with Crippen molar-refractivity contribution in [3.63, 3.8) is 0 Å². The van der Waals surface area contributed by atoms with Gasteiger partial charge in [-0.2, -0.15) is 0 Å². The molecule has 7 heteroatoms. The van der Waals surface area contributed by atoms with E-state index in [0.29, 0.717) is 0 Å². The zero-order valence-corrected chi connectivity index (χ0v) is 19.9. The average Bonchev–Trinajstić information content (AvgIpc) is 2.97. The summed E-state index contributed by atoms with van der Waals surface area (Å²) in [5.41, 5.74) is 3.72. The van der Waals surface area contributed by atoms with Crippen LogP contribution in [-0.4, -0.2) is 32.0 Å². The number of aromatic nitrogens is 2. The van der Waals surface area contributed by atoms with Gasteiger partial charge in [0.2, 0.25) is 0 Å². The molecule has 1 aromatic heterocycles. The smallest absolute Gasteiger partial charge is 0.147 e. The Kier molecular flexibility index (Phi) is 5.59. The summed E-state index contributed by atoms with van der Waals surface area (Å²) in [5, 5.41) is 0. The van der Waals surface area contributed by atoms with Gasteiger partial charge in [0.05, 0.1) is 33.7 Å². The largest absolute Gasteiger partial charge is 0.355 e. The van der Waals surface area contributed by atoms with Gasteiger partial charge in [-0.15, -0.1) is 0 Å². The van der Waals surface area contributed by atoms with E-state index in [1.807, 2.05) is 33.9 Å². The van der Waals surface area contributed by atoms with Crippen molar-refractivity contribution in [3.05, 3.63) is 51.9 Å². The lowest BCUT2D eigenvalue weighted by Crippen LogP contribution is -2.48. The summed E-state index contributed by atoms with van der Waals surface area (Å²) in [6, 6.07) is 8.78. The summed E-state index contributed by atoms with van der Waals surface area (Å²) < 4.78 is 17.0. The van der Waals surface area contributed by atoms with Crippen LogP contribution in [0.4, 0.5) is 5.82 Å². The molecule has 2 aliphatic rings. The van der Waals surface area contributed by atoms with E-state index in [1.165, 1.54) is 11.1 Å². The van der Waals surface area contributed by atoms with Crippen LogP contribution >= 0.6 is 15.9 Å². The van der Waals surface area contributed by atoms with Crippen molar-refractivity contribution in [1.29, 1.82) is 0 Å². The van der Waals surface area contributed by atoms with E-state index in [1.54, 1.807) is 0 Å². The van der Waals surface area contributed by atoms with Crippen molar-refractivity contribution in [2.45, 2.75) is 57.7 Å². The van der Waals surface area contributed by atoms with E-state index in [4.69, 9.17) is 4.98 Å². The molecule has 2 atom stereocenters. The molecule has 4 rings (SSSR count). The molecule has 5 nitrogen and oxygen atoms in total. The van der Waals surface area contributed by atoms with Gasteiger partial charge < -0.3 is 4.90 Å². The minimum absolute atomic E-state index is 0.0962. The van der Waals surface area contributed by atoms with Crippen LogP contribution in [0.1, 0.15) is 56.5 Å². The molecule has 0 amide bonds. The third kappa shape index (κ3) is 4.01. The molecule has 1 fully saturated rings. The van der Waals surface area contributed by atoms with Gasteiger partial charge in [-0.25, -0.2) is 18.9 Å². The average molecular weight is 477 g/mol. The lowest BCUT2D eigenvalue weighted by molar-refractivity contribution is 0.177. The molecular formula is C22H29BrN4OS. The Balaban J connectivity index is 1.58. The van der Waals surface area contributed by atoms with Crippen LogP contribution in [0.15, 0.2) is 35.1 Å². The zero-order chi connectivity index (χ0) is 20.8. The van der Waals surface area contributed by atoms with Gasteiger partial charge in [-0.05, 0) is 79.4 Å². The van der Waals surface area contributed by atoms with Crippen molar-refractivity contribution in [2.24, 2.45) is 5.41 Å². The van der Waals surface area contributed by atoms with Gasteiger partial charge in [0, 0.05) is 13.1 Å². The monoisotopic (exact) mass is 476 g/mol. The number of piperidine rings is 1. The molecule has 1 aromatic carbocycles. The number of hydrogen-bond donors (Lipinski definition) is 1. The zero-order valence-electron chi connectivity index (χ0n) is 17.5. The van der Waals surface area contributed by atoms with Crippen LogP contribution in [0.5, 0.6) is 0 Å². The maximum atomic E-state index is 13.0. The summed E-state index contributed by atoms with van der Waals surface area (Å²) in [4.78, 5) is 11.5. The first-order valence-corrected chi connectivity index (χ1v) is 12.1. The fraction of sp³-hybridized carbons (Fsp3) is 0.545. The number of rotatable bonds is 3. The highest BCUT2D eigenvalue weighted by atomic mass is 79.9. The second kappa shape index (κ2) is 7.75. The second-order valence-corrected chi connectivity index (χ2v) is 12.0. The summed E-state index contributed by atoms with van der Waals surface area (Å²) >= 11 is 3.44. The quantitative estimate of drug-likeness (QED) is 0.708. The highest BCUT2D eigenvalue weighted by molar-refractivity contribution is 9.10. The van der Waals surface area contributed by atoms with Crippen LogP contribution in [-0.2, 0) is 17.4 Å². The van der Waals surface area contributed by atoms with Gasteiger partial charge in [0.15, 0.2) is 0 Å². The van der Waals surface area contributed by atoms with Crippen LogP contribution < -0.4 is 9.62 Å². The fourth-order valence-corrected chi connectivity index (χ4v) is 5.65. The summed E-state index contributed by atoms with van der Waals surface area (Å²) in [6.45, 7) is 9.93. The SMILES string of the molecule is Cc1nc(N2CCC3(CC2)Cc2ccccc2[C@H]3N[S@](=O)C(C)(C)C)cnc1Br. The van der Waals surface area contributed by atoms with Gasteiger partial charge >= 0.3 is 0 Å². The van der Waals surface area contributed by atoms with Crippen molar-refractivity contribution in [1.82, 2.24) is 14.7 Å². The molecule has 1 saturated heterocycles. The summed E-state index contributed by atoms with van der Waals surface area (Å²) in [5.74, 6) is 0.943. The predicted molar refractivity (Wildman–Crippen MR) is 122 cm³/mol. The van der Waals surface area contributed by atoms with Crippen molar-refractivity contribution in [3.8, 4) is 0 Å². The van der Waals surface area contributed by atoms with E-state index in [-0.39, 0.29) is 16.2 Å². The molecule has 2 heterocycles. The summed E-state index contributed by atoms with van der Waals surface area (Å²) in [7, 11) is -1.10. The van der Waals surface area contributed by atoms with Gasteiger partial charge in [-0.1, -0.05) is 24.3 Å². The molecular weight excluding hydrogens is 448 g/mol. The number of nitrogens with zero attached hydrogens (tertiary/aromatic N) is 3. The lowest BCUT2D eigenvalue weighted by atomic mass is 9.73. The maximum absolute atomic E-state index is 13.0. The van der Waals surface area contributed by atoms with Crippen LogP contribution in [0.3, 0.4) is 0 Å². The highest BCUT2D eigenvalue weighted by Gasteiger charge is 2.48. The molecule has 0 bridgehead atoms. The number of fused-ring (bicyclic) bond motifs is 1. The molecule has 1 spiro atoms. The fourth-order valence-electron chi connectivity index (χ4n) is 4.51. The van der Waals surface area contributed by atoms with Crippen molar-refractivity contribution >= 4 is 32.7 Å². The molecule has 29 heavy (non-hydrogen) atoms. The number of anilines is 1. The molecule has 156 valence electrons. The van der Waals surface area contributed by atoms with E-state index >= 15 is 0 Å². The normalized spacial score (nSPS) is 22.0. The first kappa shape index (κ1) is 20.9. The van der Waals surface area contributed by atoms with Gasteiger partial charge in [0.1, 0.15) is 10.4 Å². The number of hydrogen-bond acceptors (Lipinski definition) is 4. The topological polar surface area (TPSA) is 58.1 Å². The minimum atomic E-state index is -1.10. The number of nitrogens with one attached hydrogen (secondary N) is 1. The molecule has 1 N–H and O–H groups in total. The van der Waals surface area contributed by atoms with E-state index < -0.39 is 11.0 Å². The molecule has 0 radical (unpaired) electrons. The summed E-state index contributed by atoms with van der Waals surface area (Å²) in [6.07, 6.45) is 4.97. The van der Waals surface area contributed by atoms with E-state index in [9.17, 15) is 4.21 Å². The second-order valence-electron chi connectivity index (χ2n) is 9.26. The molecule has 0 unspecified atom stereocenters. The Hall–Kier alpha value is -1.31. The maximum Gasteiger partial charge on any atom is 0.147 e. The van der Waals surface area contributed by atoms with Crippen LogP contribution in [0.25, 0.3) is 0 Å². The first-order valence-electron chi connectivity index (χ1n) is 10.2.